The minimum atomic E-state index is -4.40. The minimum Gasteiger partial charge on any atom is -0.369 e. The predicted molar refractivity (Wildman–Crippen MR) is 82.4 cm³/mol. The van der Waals surface area contributed by atoms with Crippen LogP contribution >= 0.6 is 11.6 Å². The number of nitrogens with zero attached hydrogens (tertiary/aromatic N) is 2. The van der Waals surface area contributed by atoms with Crippen molar-refractivity contribution in [3.63, 3.8) is 0 Å². The van der Waals surface area contributed by atoms with Crippen molar-refractivity contribution in [1.29, 1.82) is 0 Å². The molecule has 0 radical (unpaired) electrons. The van der Waals surface area contributed by atoms with Crippen molar-refractivity contribution in [3.05, 3.63) is 40.0 Å². The number of alkyl halides is 3. The first-order chi connectivity index (χ1) is 10.9. The number of rotatable bonds is 2. The molecule has 4 rings (SSSR count). The van der Waals surface area contributed by atoms with Gasteiger partial charge in [-0.05, 0) is 37.5 Å². The standard InChI is InChI=1S/C16H15ClF3N3/c17-12-5-4-10(16(18,19)20)8-13(12)23-15-11(6-7-21-15)14(22-23)9-2-1-3-9/h4-5,8-9,21H,1-3,6-7H2. The topological polar surface area (TPSA) is 29.9 Å². The fourth-order valence-electron chi connectivity index (χ4n) is 3.24. The zero-order valence-electron chi connectivity index (χ0n) is 12.3. The summed E-state index contributed by atoms with van der Waals surface area (Å²) in [5, 5.41) is 8.11. The molecule has 1 aromatic carbocycles. The molecule has 1 fully saturated rings. The Morgan fingerprint density at radius 1 is 1.26 bits per heavy atom. The quantitative estimate of drug-likeness (QED) is 0.852. The van der Waals surface area contributed by atoms with E-state index in [1.54, 1.807) is 4.68 Å². The third-order valence-corrected chi connectivity index (χ3v) is 5.00. The normalized spacial score (nSPS) is 17.7. The summed E-state index contributed by atoms with van der Waals surface area (Å²) in [7, 11) is 0. The Kier molecular flexibility index (Phi) is 3.34. The van der Waals surface area contributed by atoms with Crippen LogP contribution in [0.1, 0.15) is 42.0 Å². The van der Waals surface area contributed by atoms with Crippen molar-refractivity contribution in [1.82, 2.24) is 9.78 Å². The van der Waals surface area contributed by atoms with Crippen LogP contribution in [0, 0.1) is 0 Å². The van der Waals surface area contributed by atoms with Gasteiger partial charge in [-0.15, -0.1) is 0 Å². The first kappa shape index (κ1) is 14.9. The average molecular weight is 342 g/mol. The summed E-state index contributed by atoms with van der Waals surface area (Å²) in [6.45, 7) is 0.781. The Balaban J connectivity index is 1.85. The second-order valence-corrected chi connectivity index (χ2v) is 6.50. The number of halogens is 4. The van der Waals surface area contributed by atoms with Gasteiger partial charge in [-0.1, -0.05) is 18.0 Å². The highest BCUT2D eigenvalue weighted by molar-refractivity contribution is 6.32. The molecule has 1 aliphatic heterocycles. The van der Waals surface area contributed by atoms with E-state index in [0.29, 0.717) is 5.92 Å². The minimum absolute atomic E-state index is 0.261. The molecule has 0 atom stereocenters. The zero-order chi connectivity index (χ0) is 16.2. The number of benzene rings is 1. The van der Waals surface area contributed by atoms with E-state index < -0.39 is 11.7 Å². The van der Waals surface area contributed by atoms with Crippen molar-refractivity contribution >= 4 is 17.4 Å². The molecule has 0 amide bonds. The van der Waals surface area contributed by atoms with Crippen molar-refractivity contribution in [2.24, 2.45) is 0 Å². The van der Waals surface area contributed by atoms with E-state index >= 15 is 0 Å². The molecular formula is C16H15ClF3N3. The van der Waals surface area contributed by atoms with E-state index in [1.807, 2.05) is 0 Å². The second-order valence-electron chi connectivity index (χ2n) is 6.09. The van der Waals surface area contributed by atoms with Crippen LogP contribution in [0.3, 0.4) is 0 Å². The van der Waals surface area contributed by atoms with E-state index in [0.717, 1.165) is 55.0 Å². The number of fused-ring (bicyclic) bond motifs is 1. The Morgan fingerprint density at radius 3 is 2.70 bits per heavy atom. The summed E-state index contributed by atoms with van der Waals surface area (Å²) in [6.07, 6.45) is -0.165. The molecule has 0 saturated heterocycles. The molecule has 2 heterocycles. The summed E-state index contributed by atoms with van der Waals surface area (Å²) in [5.41, 5.74) is 1.70. The van der Waals surface area contributed by atoms with Crippen LogP contribution in [0.4, 0.5) is 19.0 Å². The van der Waals surface area contributed by atoms with Gasteiger partial charge in [0.15, 0.2) is 0 Å². The fraction of sp³-hybridized carbons (Fsp3) is 0.438. The van der Waals surface area contributed by atoms with Gasteiger partial charge in [-0.2, -0.15) is 18.3 Å². The Hall–Kier alpha value is -1.69. The Bertz CT molecular complexity index is 763. The summed E-state index contributed by atoms with van der Waals surface area (Å²) >= 11 is 6.16. The Morgan fingerprint density at radius 2 is 2.04 bits per heavy atom. The van der Waals surface area contributed by atoms with Crippen molar-refractivity contribution in [3.8, 4) is 5.69 Å². The second kappa shape index (κ2) is 5.16. The first-order valence-electron chi connectivity index (χ1n) is 7.68. The lowest BCUT2D eigenvalue weighted by Crippen LogP contribution is -2.13. The van der Waals surface area contributed by atoms with Crippen LogP contribution in [-0.4, -0.2) is 16.3 Å². The Labute approximate surface area is 136 Å². The number of hydrogen-bond donors (Lipinski definition) is 1. The highest BCUT2D eigenvalue weighted by Crippen LogP contribution is 2.42. The summed E-state index contributed by atoms with van der Waals surface area (Å²) in [5.74, 6) is 1.21. The number of hydrogen-bond acceptors (Lipinski definition) is 2. The zero-order valence-corrected chi connectivity index (χ0v) is 13.0. The smallest absolute Gasteiger partial charge is 0.369 e. The van der Waals surface area contributed by atoms with Crippen LogP contribution < -0.4 is 5.32 Å². The maximum absolute atomic E-state index is 13.0. The van der Waals surface area contributed by atoms with Gasteiger partial charge < -0.3 is 5.32 Å². The van der Waals surface area contributed by atoms with E-state index in [4.69, 9.17) is 11.6 Å². The van der Waals surface area contributed by atoms with E-state index in [9.17, 15) is 13.2 Å². The lowest BCUT2D eigenvalue weighted by atomic mass is 9.81. The highest BCUT2D eigenvalue weighted by atomic mass is 35.5. The molecule has 0 spiro atoms. The van der Waals surface area contributed by atoms with Gasteiger partial charge in [0.25, 0.3) is 0 Å². The van der Waals surface area contributed by atoms with Gasteiger partial charge >= 0.3 is 6.18 Å². The molecule has 0 unspecified atom stereocenters. The molecule has 1 saturated carbocycles. The van der Waals surface area contributed by atoms with E-state index in [1.165, 1.54) is 12.5 Å². The van der Waals surface area contributed by atoms with Gasteiger partial charge in [0.2, 0.25) is 0 Å². The lowest BCUT2D eigenvalue weighted by molar-refractivity contribution is -0.137. The molecule has 1 aromatic heterocycles. The molecule has 0 bridgehead atoms. The maximum Gasteiger partial charge on any atom is 0.416 e. The van der Waals surface area contributed by atoms with Crippen LogP contribution in [0.15, 0.2) is 18.2 Å². The molecule has 1 N–H and O–H groups in total. The monoisotopic (exact) mass is 341 g/mol. The van der Waals surface area contributed by atoms with Gasteiger partial charge in [-0.25, -0.2) is 4.68 Å². The van der Waals surface area contributed by atoms with Crippen LogP contribution in [0.2, 0.25) is 5.02 Å². The molecule has 2 aromatic rings. The fourth-order valence-corrected chi connectivity index (χ4v) is 3.43. The molecular weight excluding hydrogens is 327 g/mol. The van der Waals surface area contributed by atoms with Crippen LogP contribution in [-0.2, 0) is 12.6 Å². The molecule has 7 heteroatoms. The van der Waals surface area contributed by atoms with Crippen molar-refractivity contribution in [2.75, 3.05) is 11.9 Å². The summed E-state index contributed by atoms with van der Waals surface area (Å²) < 4.78 is 40.5. The number of aromatic nitrogens is 2. The lowest BCUT2D eigenvalue weighted by Gasteiger charge is -2.24. The van der Waals surface area contributed by atoms with Gasteiger partial charge in [-0.3, -0.25) is 0 Å². The molecule has 2 aliphatic rings. The average Bonchev–Trinajstić information content (AvgIpc) is 3.00. The number of nitrogens with one attached hydrogen (secondary N) is 1. The van der Waals surface area contributed by atoms with E-state index in [2.05, 4.69) is 10.4 Å². The van der Waals surface area contributed by atoms with Crippen molar-refractivity contribution in [2.45, 2.75) is 37.8 Å². The summed E-state index contributed by atoms with van der Waals surface area (Å²) in [6, 6.07) is 3.35. The molecule has 23 heavy (non-hydrogen) atoms. The first-order valence-corrected chi connectivity index (χ1v) is 8.06. The van der Waals surface area contributed by atoms with Crippen molar-refractivity contribution < 1.29 is 13.2 Å². The maximum atomic E-state index is 13.0. The van der Waals surface area contributed by atoms with Gasteiger partial charge in [0.1, 0.15) is 5.82 Å². The molecule has 3 nitrogen and oxygen atoms in total. The van der Waals surface area contributed by atoms with Gasteiger partial charge in [0.05, 0.1) is 22.0 Å². The third-order valence-electron chi connectivity index (χ3n) is 4.68. The molecule has 1 aliphatic carbocycles. The van der Waals surface area contributed by atoms with Crippen LogP contribution in [0.5, 0.6) is 0 Å². The highest BCUT2D eigenvalue weighted by Gasteiger charge is 2.34. The predicted octanol–water partition coefficient (Wildman–Crippen LogP) is 4.78. The SMILES string of the molecule is FC(F)(F)c1ccc(Cl)c(-n2nc(C3CCC3)c3c2NCC3)c1. The third kappa shape index (κ3) is 2.40. The number of anilines is 1. The molecule has 122 valence electrons. The van der Waals surface area contributed by atoms with Gasteiger partial charge in [0, 0.05) is 18.0 Å². The van der Waals surface area contributed by atoms with Crippen LogP contribution in [0.25, 0.3) is 5.69 Å². The largest absolute Gasteiger partial charge is 0.416 e. The van der Waals surface area contributed by atoms with E-state index in [-0.39, 0.29) is 10.7 Å². The summed E-state index contributed by atoms with van der Waals surface area (Å²) in [4.78, 5) is 0.